The van der Waals surface area contributed by atoms with Crippen molar-refractivity contribution in [2.75, 3.05) is 6.54 Å². The number of ether oxygens (including phenoxy) is 1. The minimum Gasteiger partial charge on any atom is -0.447 e. The third-order valence-corrected chi connectivity index (χ3v) is 3.28. The second-order valence-corrected chi connectivity index (χ2v) is 5.27. The lowest BCUT2D eigenvalue weighted by atomic mass is 10.1. The van der Waals surface area contributed by atoms with Crippen LogP contribution in [0.2, 0.25) is 0 Å². The summed E-state index contributed by atoms with van der Waals surface area (Å²) in [7, 11) is 0. The van der Waals surface area contributed by atoms with Crippen molar-refractivity contribution in [3.63, 3.8) is 0 Å². The van der Waals surface area contributed by atoms with Crippen molar-refractivity contribution in [1.82, 2.24) is 5.32 Å². The lowest BCUT2D eigenvalue weighted by molar-refractivity contribution is -0.149. The van der Waals surface area contributed by atoms with Gasteiger partial charge in [-0.15, -0.1) is 0 Å². The maximum absolute atomic E-state index is 11.5. The molecular formula is C16H33NO2. The fourth-order valence-electron chi connectivity index (χ4n) is 2.17. The van der Waals surface area contributed by atoms with Crippen molar-refractivity contribution in [2.45, 2.75) is 91.2 Å². The molecule has 0 bridgehead atoms. The van der Waals surface area contributed by atoms with Gasteiger partial charge in [0.25, 0.3) is 0 Å². The quantitative estimate of drug-likeness (QED) is 0.306. The highest BCUT2D eigenvalue weighted by Gasteiger charge is 2.07. The van der Waals surface area contributed by atoms with E-state index >= 15 is 0 Å². The molecule has 114 valence electrons. The standard InChI is InChI=1S/C16H33NO2/c1-4-6-7-8-9-10-11-12-13-14-16(18)19-15(3)17-5-2/h15,17H,4-14H2,1-3H3. The Morgan fingerprint density at radius 2 is 1.47 bits per heavy atom. The summed E-state index contributed by atoms with van der Waals surface area (Å²) in [6.45, 7) is 6.95. The van der Waals surface area contributed by atoms with Gasteiger partial charge in [0.1, 0.15) is 6.23 Å². The molecule has 0 aromatic carbocycles. The van der Waals surface area contributed by atoms with E-state index in [0.29, 0.717) is 6.42 Å². The zero-order chi connectivity index (χ0) is 14.3. The van der Waals surface area contributed by atoms with Gasteiger partial charge in [0.15, 0.2) is 0 Å². The smallest absolute Gasteiger partial charge is 0.307 e. The first-order valence-corrected chi connectivity index (χ1v) is 8.13. The second-order valence-electron chi connectivity index (χ2n) is 5.27. The first kappa shape index (κ1) is 18.4. The van der Waals surface area contributed by atoms with Crippen LogP contribution in [0.1, 0.15) is 85.0 Å². The monoisotopic (exact) mass is 271 g/mol. The predicted molar refractivity (Wildman–Crippen MR) is 81.1 cm³/mol. The lowest BCUT2D eigenvalue weighted by Crippen LogP contribution is -2.30. The highest BCUT2D eigenvalue weighted by atomic mass is 16.6. The molecule has 0 saturated carbocycles. The van der Waals surface area contributed by atoms with Crippen molar-refractivity contribution < 1.29 is 9.53 Å². The van der Waals surface area contributed by atoms with Gasteiger partial charge in [-0.05, 0) is 19.9 Å². The van der Waals surface area contributed by atoms with Crippen LogP contribution in [-0.4, -0.2) is 18.7 Å². The van der Waals surface area contributed by atoms with Gasteiger partial charge in [-0.2, -0.15) is 0 Å². The Morgan fingerprint density at radius 1 is 0.947 bits per heavy atom. The molecule has 0 aromatic rings. The Balaban J connectivity index is 3.23. The first-order chi connectivity index (χ1) is 9.20. The average Bonchev–Trinajstić information content (AvgIpc) is 2.37. The largest absolute Gasteiger partial charge is 0.447 e. The summed E-state index contributed by atoms with van der Waals surface area (Å²) in [4.78, 5) is 11.5. The van der Waals surface area contributed by atoms with E-state index in [0.717, 1.165) is 19.4 Å². The molecule has 0 spiro atoms. The maximum Gasteiger partial charge on any atom is 0.307 e. The number of carbonyl (C=O) groups is 1. The molecule has 1 unspecified atom stereocenters. The topological polar surface area (TPSA) is 38.3 Å². The maximum atomic E-state index is 11.5. The van der Waals surface area contributed by atoms with Crippen molar-refractivity contribution in [3.05, 3.63) is 0 Å². The molecule has 0 aliphatic heterocycles. The molecule has 19 heavy (non-hydrogen) atoms. The minimum absolute atomic E-state index is 0.0728. The van der Waals surface area contributed by atoms with Crippen LogP contribution in [0.5, 0.6) is 0 Å². The third kappa shape index (κ3) is 13.7. The van der Waals surface area contributed by atoms with Gasteiger partial charge in [-0.3, -0.25) is 10.1 Å². The fraction of sp³-hybridized carbons (Fsp3) is 0.938. The molecule has 0 fully saturated rings. The molecule has 0 rings (SSSR count). The van der Waals surface area contributed by atoms with Crippen LogP contribution in [0, 0.1) is 0 Å². The molecular weight excluding hydrogens is 238 g/mol. The average molecular weight is 271 g/mol. The summed E-state index contributed by atoms with van der Waals surface area (Å²) in [6.07, 6.45) is 11.9. The summed E-state index contributed by atoms with van der Waals surface area (Å²) in [5.74, 6) is -0.0728. The third-order valence-electron chi connectivity index (χ3n) is 3.28. The Bertz CT molecular complexity index is 207. The van der Waals surface area contributed by atoms with Gasteiger partial charge in [0, 0.05) is 6.42 Å². The van der Waals surface area contributed by atoms with E-state index < -0.39 is 0 Å². The highest BCUT2D eigenvalue weighted by Crippen LogP contribution is 2.10. The molecule has 1 N–H and O–H groups in total. The molecule has 1 atom stereocenters. The van der Waals surface area contributed by atoms with Crippen LogP contribution in [0.15, 0.2) is 0 Å². The number of hydrogen-bond acceptors (Lipinski definition) is 3. The molecule has 0 aromatic heterocycles. The lowest BCUT2D eigenvalue weighted by Gasteiger charge is -2.13. The van der Waals surface area contributed by atoms with Gasteiger partial charge in [-0.1, -0.05) is 65.2 Å². The van der Waals surface area contributed by atoms with Crippen LogP contribution < -0.4 is 5.32 Å². The van der Waals surface area contributed by atoms with E-state index in [1.165, 1.54) is 44.9 Å². The van der Waals surface area contributed by atoms with Gasteiger partial charge in [-0.25, -0.2) is 0 Å². The predicted octanol–water partition coefficient (Wildman–Crippen LogP) is 4.41. The van der Waals surface area contributed by atoms with Crippen LogP contribution in [0.4, 0.5) is 0 Å². The molecule has 0 saturated heterocycles. The Labute approximate surface area is 119 Å². The van der Waals surface area contributed by atoms with Crippen LogP contribution in [0.3, 0.4) is 0 Å². The SMILES string of the molecule is CCCCCCCCCCCC(=O)OC(C)NCC. The molecule has 3 nitrogen and oxygen atoms in total. The van der Waals surface area contributed by atoms with Crippen LogP contribution in [-0.2, 0) is 9.53 Å². The van der Waals surface area contributed by atoms with Gasteiger partial charge < -0.3 is 4.74 Å². The first-order valence-electron chi connectivity index (χ1n) is 8.13. The minimum atomic E-state index is -0.156. The van der Waals surface area contributed by atoms with Gasteiger partial charge in [0.05, 0.1) is 0 Å². The summed E-state index contributed by atoms with van der Waals surface area (Å²) in [6, 6.07) is 0. The Morgan fingerprint density at radius 3 is 2.00 bits per heavy atom. The molecule has 0 aliphatic carbocycles. The Hall–Kier alpha value is -0.570. The fourth-order valence-corrected chi connectivity index (χ4v) is 2.17. The summed E-state index contributed by atoms with van der Waals surface area (Å²) >= 11 is 0. The zero-order valence-electron chi connectivity index (χ0n) is 13.2. The highest BCUT2D eigenvalue weighted by molar-refractivity contribution is 5.69. The van der Waals surface area contributed by atoms with Crippen molar-refractivity contribution >= 4 is 5.97 Å². The number of esters is 1. The molecule has 0 aliphatic rings. The van der Waals surface area contributed by atoms with Crippen molar-refractivity contribution in [3.8, 4) is 0 Å². The van der Waals surface area contributed by atoms with E-state index in [4.69, 9.17) is 4.74 Å². The molecule has 3 heteroatoms. The van der Waals surface area contributed by atoms with Crippen molar-refractivity contribution in [1.29, 1.82) is 0 Å². The summed E-state index contributed by atoms with van der Waals surface area (Å²) in [5.41, 5.74) is 0. The van der Waals surface area contributed by atoms with Gasteiger partial charge >= 0.3 is 5.97 Å². The second kappa shape index (κ2) is 13.9. The Kier molecular flexibility index (Phi) is 13.4. The number of nitrogens with one attached hydrogen (secondary N) is 1. The van der Waals surface area contributed by atoms with Crippen LogP contribution >= 0.6 is 0 Å². The van der Waals surface area contributed by atoms with E-state index in [1.807, 2.05) is 13.8 Å². The summed E-state index contributed by atoms with van der Waals surface area (Å²) in [5, 5.41) is 3.07. The molecule has 0 heterocycles. The van der Waals surface area contributed by atoms with Crippen molar-refractivity contribution in [2.24, 2.45) is 0 Å². The molecule has 0 radical (unpaired) electrons. The van der Waals surface area contributed by atoms with E-state index in [2.05, 4.69) is 12.2 Å². The summed E-state index contributed by atoms with van der Waals surface area (Å²) < 4.78 is 5.21. The van der Waals surface area contributed by atoms with E-state index in [9.17, 15) is 4.79 Å². The van der Waals surface area contributed by atoms with E-state index in [1.54, 1.807) is 0 Å². The number of rotatable bonds is 13. The van der Waals surface area contributed by atoms with E-state index in [-0.39, 0.29) is 12.2 Å². The number of unbranched alkanes of at least 4 members (excludes halogenated alkanes) is 8. The molecule has 0 amide bonds. The normalized spacial score (nSPS) is 12.4. The van der Waals surface area contributed by atoms with Gasteiger partial charge in [0.2, 0.25) is 0 Å². The number of hydrogen-bond donors (Lipinski definition) is 1. The zero-order valence-corrected chi connectivity index (χ0v) is 13.2. The number of carbonyl (C=O) groups excluding carboxylic acids is 1. The van der Waals surface area contributed by atoms with Crippen LogP contribution in [0.25, 0.3) is 0 Å².